The van der Waals surface area contributed by atoms with Crippen LogP contribution in [0.15, 0.2) is 108 Å². The van der Waals surface area contributed by atoms with Gasteiger partial charge in [-0.3, -0.25) is 13.9 Å². The Morgan fingerprint density at radius 1 is 0.870 bits per heavy atom. The van der Waals surface area contributed by atoms with Crippen LogP contribution in [0.5, 0.6) is 5.75 Å². The van der Waals surface area contributed by atoms with Gasteiger partial charge in [-0.2, -0.15) is 0 Å². The van der Waals surface area contributed by atoms with Gasteiger partial charge in [-0.1, -0.05) is 66.2 Å². The fourth-order valence-electron chi connectivity index (χ4n) is 5.04. The van der Waals surface area contributed by atoms with Crippen LogP contribution >= 0.6 is 11.6 Å². The minimum atomic E-state index is -4.24. The van der Waals surface area contributed by atoms with Crippen molar-refractivity contribution in [3.8, 4) is 5.75 Å². The van der Waals surface area contributed by atoms with Crippen molar-refractivity contribution in [3.05, 3.63) is 125 Å². The van der Waals surface area contributed by atoms with Crippen LogP contribution in [0.25, 0.3) is 0 Å². The van der Waals surface area contributed by atoms with Crippen molar-refractivity contribution >= 4 is 39.1 Å². The summed E-state index contributed by atoms with van der Waals surface area (Å²) in [5.41, 5.74) is 2.93. The van der Waals surface area contributed by atoms with E-state index in [-0.39, 0.29) is 35.5 Å². The molecule has 0 fully saturated rings. The third-order valence-corrected chi connectivity index (χ3v) is 9.46. The van der Waals surface area contributed by atoms with Gasteiger partial charge in [0.05, 0.1) is 17.2 Å². The standard InChI is InChI=1S/C36H40ClN3O5S/c1-5-45-32-19-17-31(18-20-32)40(46(43,44)33-21-15-30(37)16-22-33)25-35(41)39(24-29-14-10-9-11-27(29)4)34(36(42)38-26(2)3)23-28-12-7-6-8-13-28/h6-22,26,34H,5,23-25H2,1-4H3,(H,38,42)/t34-/m0/s1. The zero-order chi connectivity index (χ0) is 33.3. The summed E-state index contributed by atoms with van der Waals surface area (Å²) in [6.45, 7) is 7.51. The summed E-state index contributed by atoms with van der Waals surface area (Å²) in [6.07, 6.45) is 0.240. The Morgan fingerprint density at radius 3 is 2.11 bits per heavy atom. The minimum absolute atomic E-state index is 0.0255. The molecule has 4 aromatic rings. The zero-order valence-corrected chi connectivity index (χ0v) is 28.1. The molecule has 0 bridgehead atoms. The highest BCUT2D eigenvalue weighted by Crippen LogP contribution is 2.28. The predicted molar refractivity (Wildman–Crippen MR) is 183 cm³/mol. The number of amides is 2. The molecule has 0 spiro atoms. The highest BCUT2D eigenvalue weighted by molar-refractivity contribution is 7.92. The molecule has 0 aromatic heterocycles. The van der Waals surface area contributed by atoms with E-state index in [2.05, 4.69) is 5.32 Å². The predicted octanol–water partition coefficient (Wildman–Crippen LogP) is 6.41. The van der Waals surface area contributed by atoms with Crippen LogP contribution in [-0.4, -0.2) is 50.4 Å². The second-order valence-electron chi connectivity index (χ2n) is 11.2. The van der Waals surface area contributed by atoms with Crippen LogP contribution in [0, 0.1) is 6.92 Å². The van der Waals surface area contributed by atoms with Crippen LogP contribution in [0.2, 0.25) is 5.02 Å². The van der Waals surface area contributed by atoms with Gasteiger partial charge in [-0.15, -0.1) is 0 Å². The van der Waals surface area contributed by atoms with E-state index >= 15 is 0 Å². The third-order valence-electron chi connectivity index (χ3n) is 7.42. The summed E-state index contributed by atoms with van der Waals surface area (Å²) in [6, 6.07) is 28.3. The van der Waals surface area contributed by atoms with Gasteiger partial charge < -0.3 is 15.0 Å². The van der Waals surface area contributed by atoms with E-state index in [0.29, 0.717) is 17.4 Å². The number of aryl methyl sites for hydroxylation is 1. The highest BCUT2D eigenvalue weighted by atomic mass is 35.5. The average molecular weight is 662 g/mol. The Bertz CT molecular complexity index is 1710. The maximum absolute atomic E-state index is 14.6. The van der Waals surface area contributed by atoms with Crippen molar-refractivity contribution in [3.63, 3.8) is 0 Å². The maximum atomic E-state index is 14.6. The van der Waals surface area contributed by atoms with E-state index in [9.17, 15) is 18.0 Å². The molecule has 8 nitrogen and oxygen atoms in total. The molecule has 242 valence electrons. The number of carbonyl (C=O) groups is 2. The van der Waals surface area contributed by atoms with Gasteiger partial charge in [0.25, 0.3) is 10.0 Å². The van der Waals surface area contributed by atoms with Crippen LogP contribution < -0.4 is 14.4 Å². The van der Waals surface area contributed by atoms with Gasteiger partial charge in [-0.25, -0.2) is 8.42 Å². The first-order chi connectivity index (χ1) is 22.0. The summed E-state index contributed by atoms with van der Waals surface area (Å²) in [4.78, 5) is 29.8. The molecule has 10 heteroatoms. The average Bonchev–Trinajstić information content (AvgIpc) is 3.03. The van der Waals surface area contributed by atoms with Gasteiger partial charge in [0.1, 0.15) is 18.3 Å². The molecule has 0 aliphatic carbocycles. The third kappa shape index (κ3) is 8.89. The normalized spacial score (nSPS) is 12.0. The Morgan fingerprint density at radius 2 is 1.50 bits per heavy atom. The van der Waals surface area contributed by atoms with Crippen LogP contribution in [0.1, 0.15) is 37.5 Å². The first-order valence-corrected chi connectivity index (χ1v) is 17.0. The number of benzene rings is 4. The number of sulfonamides is 1. The second kappa shape index (κ2) is 15.8. The summed E-state index contributed by atoms with van der Waals surface area (Å²) < 4.78 is 35.0. The minimum Gasteiger partial charge on any atom is -0.494 e. The monoisotopic (exact) mass is 661 g/mol. The Kier molecular flexibility index (Phi) is 11.8. The second-order valence-corrected chi connectivity index (χ2v) is 13.5. The van der Waals surface area contributed by atoms with E-state index in [1.54, 1.807) is 24.3 Å². The molecule has 0 radical (unpaired) electrons. The molecule has 2 amide bonds. The topological polar surface area (TPSA) is 96.0 Å². The number of hydrogen-bond acceptors (Lipinski definition) is 5. The van der Waals surface area contributed by atoms with E-state index in [1.165, 1.54) is 29.2 Å². The van der Waals surface area contributed by atoms with Gasteiger partial charge in [0.15, 0.2) is 0 Å². The van der Waals surface area contributed by atoms with Crippen LogP contribution in [-0.2, 0) is 32.6 Å². The molecule has 46 heavy (non-hydrogen) atoms. The molecular weight excluding hydrogens is 622 g/mol. The van der Waals surface area contributed by atoms with Gasteiger partial charge >= 0.3 is 0 Å². The summed E-state index contributed by atoms with van der Waals surface area (Å²) in [5.74, 6) is -0.292. The molecule has 4 aromatic carbocycles. The quantitative estimate of drug-likeness (QED) is 0.169. The van der Waals surface area contributed by atoms with E-state index in [4.69, 9.17) is 16.3 Å². The number of nitrogens with zero attached hydrogens (tertiary/aromatic N) is 2. The van der Waals surface area contributed by atoms with Crippen molar-refractivity contribution in [1.29, 1.82) is 0 Å². The Balaban J connectivity index is 1.81. The molecule has 0 unspecified atom stereocenters. The van der Waals surface area contributed by atoms with Crippen molar-refractivity contribution in [2.45, 2.75) is 57.6 Å². The van der Waals surface area contributed by atoms with Gasteiger partial charge in [0.2, 0.25) is 11.8 Å². The molecule has 1 N–H and O–H groups in total. The zero-order valence-electron chi connectivity index (χ0n) is 26.5. The number of halogens is 1. The largest absolute Gasteiger partial charge is 0.494 e. The smallest absolute Gasteiger partial charge is 0.264 e. The maximum Gasteiger partial charge on any atom is 0.264 e. The fourth-order valence-corrected chi connectivity index (χ4v) is 6.58. The summed E-state index contributed by atoms with van der Waals surface area (Å²) in [7, 11) is -4.24. The number of ether oxygens (including phenoxy) is 1. The molecule has 0 aliphatic rings. The number of anilines is 1. The van der Waals surface area contributed by atoms with Gasteiger partial charge in [0, 0.05) is 24.0 Å². The lowest BCUT2D eigenvalue weighted by Crippen LogP contribution is -2.54. The molecule has 0 heterocycles. The van der Waals surface area contributed by atoms with E-state index < -0.39 is 28.5 Å². The lowest BCUT2D eigenvalue weighted by molar-refractivity contribution is -0.140. The molecule has 4 rings (SSSR count). The molecule has 1 atom stereocenters. The molecule has 0 aliphatic heterocycles. The van der Waals surface area contributed by atoms with E-state index in [1.807, 2.05) is 82.3 Å². The SMILES string of the molecule is CCOc1ccc(N(CC(=O)N(Cc2ccccc2C)[C@@H](Cc2ccccc2)C(=O)NC(C)C)S(=O)(=O)c2ccc(Cl)cc2)cc1. The first kappa shape index (κ1) is 34.5. The van der Waals surface area contributed by atoms with Crippen molar-refractivity contribution in [2.24, 2.45) is 0 Å². The summed E-state index contributed by atoms with van der Waals surface area (Å²) >= 11 is 6.07. The van der Waals surface area contributed by atoms with Crippen molar-refractivity contribution in [1.82, 2.24) is 10.2 Å². The summed E-state index contributed by atoms with van der Waals surface area (Å²) in [5, 5.41) is 3.35. The van der Waals surface area contributed by atoms with Crippen molar-refractivity contribution in [2.75, 3.05) is 17.5 Å². The van der Waals surface area contributed by atoms with Gasteiger partial charge in [-0.05, 0) is 92.9 Å². The number of carbonyl (C=O) groups excluding carboxylic acids is 2. The number of hydrogen-bond donors (Lipinski definition) is 1. The lowest BCUT2D eigenvalue weighted by atomic mass is 10.0. The van der Waals surface area contributed by atoms with Crippen LogP contribution in [0.3, 0.4) is 0 Å². The lowest BCUT2D eigenvalue weighted by Gasteiger charge is -2.34. The number of rotatable bonds is 14. The highest BCUT2D eigenvalue weighted by Gasteiger charge is 2.35. The Hall–Kier alpha value is -4.34. The van der Waals surface area contributed by atoms with Crippen molar-refractivity contribution < 1.29 is 22.7 Å². The fraction of sp³-hybridized carbons (Fsp3) is 0.278. The Labute approximate surface area is 277 Å². The first-order valence-electron chi connectivity index (χ1n) is 15.2. The van der Waals surface area contributed by atoms with E-state index in [0.717, 1.165) is 21.0 Å². The van der Waals surface area contributed by atoms with Crippen LogP contribution in [0.4, 0.5) is 5.69 Å². The molecule has 0 saturated heterocycles. The number of nitrogens with one attached hydrogen (secondary N) is 1. The molecular formula is C36H40ClN3O5S. The molecule has 0 saturated carbocycles.